The molecule has 0 unspecified atom stereocenters. The quantitative estimate of drug-likeness (QED) is 0.872. The maximum absolute atomic E-state index is 13.2. The first-order valence-corrected chi connectivity index (χ1v) is 6.15. The van der Waals surface area contributed by atoms with Crippen molar-refractivity contribution in [1.29, 1.82) is 0 Å². The van der Waals surface area contributed by atoms with Crippen molar-refractivity contribution >= 4 is 11.8 Å². The lowest BCUT2D eigenvalue weighted by molar-refractivity contribution is 0.621. The highest BCUT2D eigenvalue weighted by atomic mass is 32.2. The number of hydrogen-bond donors (Lipinski definition) is 2. The minimum Gasteiger partial charge on any atom is -0.316 e. The fraction of sp³-hybridized carbons (Fsp3) is 0.273. The molecule has 0 saturated heterocycles. The molecule has 1 aromatic heterocycles. The summed E-state index contributed by atoms with van der Waals surface area (Å²) in [7, 11) is 3.43. The number of aromatic amines is 1. The van der Waals surface area contributed by atoms with Gasteiger partial charge >= 0.3 is 5.69 Å². The van der Waals surface area contributed by atoms with Gasteiger partial charge in [0.2, 0.25) is 0 Å². The summed E-state index contributed by atoms with van der Waals surface area (Å²) in [6, 6.07) is 4.56. The molecule has 0 fully saturated rings. The van der Waals surface area contributed by atoms with E-state index in [4.69, 9.17) is 0 Å². The van der Waals surface area contributed by atoms with Gasteiger partial charge in [-0.15, -0.1) is 5.10 Å². The summed E-state index contributed by atoms with van der Waals surface area (Å²) < 4.78 is 14.6. The molecule has 0 radical (unpaired) electrons. The minimum absolute atomic E-state index is 0.269. The van der Waals surface area contributed by atoms with Crippen LogP contribution in [0.2, 0.25) is 0 Å². The van der Waals surface area contributed by atoms with E-state index >= 15 is 0 Å². The zero-order valence-corrected chi connectivity index (χ0v) is 10.8. The van der Waals surface area contributed by atoms with Crippen LogP contribution < -0.4 is 11.0 Å². The lowest BCUT2D eigenvalue weighted by Gasteiger charge is -2.08. The average molecular weight is 268 g/mol. The predicted molar refractivity (Wildman–Crippen MR) is 67.1 cm³/mol. The van der Waals surface area contributed by atoms with Crippen LogP contribution in [0.1, 0.15) is 5.56 Å². The molecule has 96 valence electrons. The Morgan fingerprint density at radius 2 is 2.33 bits per heavy atom. The highest BCUT2D eigenvalue weighted by Crippen LogP contribution is 2.28. The molecule has 7 heteroatoms. The van der Waals surface area contributed by atoms with Gasteiger partial charge in [0.25, 0.3) is 0 Å². The van der Waals surface area contributed by atoms with Gasteiger partial charge in [-0.05, 0) is 42.6 Å². The molecule has 1 heterocycles. The van der Waals surface area contributed by atoms with Crippen LogP contribution in [0, 0.1) is 5.82 Å². The molecular formula is C11H13FN4OS. The van der Waals surface area contributed by atoms with E-state index in [2.05, 4.69) is 15.5 Å². The Morgan fingerprint density at radius 1 is 1.56 bits per heavy atom. The van der Waals surface area contributed by atoms with Gasteiger partial charge in [-0.2, -0.15) is 0 Å². The largest absolute Gasteiger partial charge is 0.343 e. The lowest BCUT2D eigenvalue weighted by atomic mass is 10.2. The van der Waals surface area contributed by atoms with E-state index in [9.17, 15) is 9.18 Å². The zero-order valence-electron chi connectivity index (χ0n) is 10.0. The smallest absolute Gasteiger partial charge is 0.316 e. The van der Waals surface area contributed by atoms with E-state index < -0.39 is 0 Å². The maximum Gasteiger partial charge on any atom is 0.343 e. The van der Waals surface area contributed by atoms with Crippen molar-refractivity contribution in [3.05, 3.63) is 40.1 Å². The molecule has 2 aromatic rings. The van der Waals surface area contributed by atoms with Crippen LogP contribution >= 0.6 is 11.8 Å². The van der Waals surface area contributed by atoms with E-state index in [-0.39, 0.29) is 11.5 Å². The number of nitrogens with zero attached hydrogens (tertiary/aromatic N) is 2. The number of halogens is 1. The van der Waals surface area contributed by atoms with Crippen molar-refractivity contribution in [3.8, 4) is 0 Å². The second-order valence-electron chi connectivity index (χ2n) is 3.75. The molecule has 0 bridgehead atoms. The first-order valence-electron chi connectivity index (χ1n) is 5.34. The summed E-state index contributed by atoms with van der Waals surface area (Å²) in [5, 5.41) is 9.80. The van der Waals surface area contributed by atoms with Crippen molar-refractivity contribution in [2.75, 3.05) is 7.05 Å². The first kappa shape index (κ1) is 12.8. The molecular weight excluding hydrogens is 255 g/mol. The van der Waals surface area contributed by atoms with Gasteiger partial charge in [-0.1, -0.05) is 0 Å². The van der Waals surface area contributed by atoms with E-state index in [0.29, 0.717) is 11.7 Å². The van der Waals surface area contributed by atoms with Crippen LogP contribution in [0.4, 0.5) is 4.39 Å². The van der Waals surface area contributed by atoms with Crippen molar-refractivity contribution in [3.63, 3.8) is 0 Å². The van der Waals surface area contributed by atoms with E-state index in [1.54, 1.807) is 20.2 Å². The minimum atomic E-state index is -0.277. The third kappa shape index (κ3) is 2.62. The van der Waals surface area contributed by atoms with Crippen molar-refractivity contribution in [1.82, 2.24) is 20.1 Å². The fourth-order valence-electron chi connectivity index (χ4n) is 1.50. The summed E-state index contributed by atoms with van der Waals surface area (Å²) in [6.45, 7) is 0.554. The van der Waals surface area contributed by atoms with Crippen LogP contribution in [0.15, 0.2) is 33.0 Å². The number of benzene rings is 1. The molecule has 0 saturated carbocycles. The van der Waals surface area contributed by atoms with E-state index in [0.717, 1.165) is 10.5 Å². The number of nitrogens with one attached hydrogen (secondary N) is 2. The SMILES string of the molecule is CNCc1cc(F)ccc1Sc1n[nH]c(=O)n1C. The van der Waals surface area contributed by atoms with Gasteiger partial charge in [0, 0.05) is 18.5 Å². The first-order chi connectivity index (χ1) is 8.61. The van der Waals surface area contributed by atoms with Gasteiger partial charge < -0.3 is 5.32 Å². The lowest BCUT2D eigenvalue weighted by Crippen LogP contribution is -2.13. The molecule has 5 nitrogen and oxygen atoms in total. The maximum atomic E-state index is 13.2. The topological polar surface area (TPSA) is 62.7 Å². The Labute approximate surface area is 107 Å². The summed E-state index contributed by atoms with van der Waals surface area (Å²) >= 11 is 1.32. The van der Waals surface area contributed by atoms with Gasteiger partial charge in [0.15, 0.2) is 5.16 Å². The van der Waals surface area contributed by atoms with Crippen LogP contribution in [0.3, 0.4) is 0 Å². The molecule has 1 aromatic carbocycles. The molecule has 18 heavy (non-hydrogen) atoms. The molecule has 0 amide bonds. The summed E-state index contributed by atoms with van der Waals surface area (Å²) in [5.74, 6) is -0.277. The van der Waals surface area contributed by atoms with Gasteiger partial charge in [-0.25, -0.2) is 14.3 Å². The van der Waals surface area contributed by atoms with E-state index in [1.807, 2.05) is 0 Å². The predicted octanol–water partition coefficient (Wildman–Crippen LogP) is 1.12. The second kappa shape index (κ2) is 5.36. The van der Waals surface area contributed by atoms with Crippen molar-refractivity contribution in [2.24, 2.45) is 7.05 Å². The van der Waals surface area contributed by atoms with E-state index in [1.165, 1.54) is 28.5 Å². The number of aromatic nitrogens is 3. The summed E-state index contributed by atoms with van der Waals surface area (Å²) in [5.41, 5.74) is 0.563. The summed E-state index contributed by atoms with van der Waals surface area (Å²) in [4.78, 5) is 12.1. The Morgan fingerprint density at radius 3 is 2.94 bits per heavy atom. The van der Waals surface area contributed by atoms with Crippen molar-refractivity contribution in [2.45, 2.75) is 16.6 Å². The Bertz CT molecular complexity index is 607. The van der Waals surface area contributed by atoms with Gasteiger partial charge in [-0.3, -0.25) is 4.57 Å². The van der Waals surface area contributed by atoms with Crippen LogP contribution in [-0.4, -0.2) is 21.8 Å². The third-order valence-corrected chi connectivity index (χ3v) is 3.60. The number of hydrogen-bond acceptors (Lipinski definition) is 4. The van der Waals surface area contributed by atoms with Crippen LogP contribution in [-0.2, 0) is 13.6 Å². The Kier molecular flexibility index (Phi) is 3.83. The van der Waals surface area contributed by atoms with Crippen molar-refractivity contribution < 1.29 is 4.39 Å². The molecule has 2 N–H and O–H groups in total. The standard InChI is InChI=1S/C11H13FN4OS/c1-13-6-7-5-8(12)3-4-9(7)18-11-15-14-10(17)16(11)2/h3-5,13H,6H2,1-2H3,(H,14,17). The second-order valence-corrected chi connectivity index (χ2v) is 4.76. The molecule has 0 aliphatic heterocycles. The van der Waals surface area contributed by atoms with Crippen LogP contribution in [0.25, 0.3) is 0 Å². The molecule has 0 spiro atoms. The Hall–Kier alpha value is -1.60. The molecule has 0 aliphatic carbocycles. The molecule has 0 atom stereocenters. The number of rotatable bonds is 4. The number of H-pyrrole nitrogens is 1. The normalized spacial score (nSPS) is 10.8. The zero-order chi connectivity index (χ0) is 13.1. The Balaban J connectivity index is 2.33. The highest BCUT2D eigenvalue weighted by molar-refractivity contribution is 7.99. The van der Waals surface area contributed by atoms with Gasteiger partial charge in [0.1, 0.15) is 5.82 Å². The fourth-order valence-corrected chi connectivity index (χ4v) is 2.40. The average Bonchev–Trinajstić information content (AvgIpc) is 2.65. The van der Waals surface area contributed by atoms with Crippen LogP contribution in [0.5, 0.6) is 0 Å². The highest BCUT2D eigenvalue weighted by Gasteiger charge is 2.10. The third-order valence-electron chi connectivity index (χ3n) is 2.43. The molecule has 0 aliphatic rings. The van der Waals surface area contributed by atoms with Gasteiger partial charge in [0.05, 0.1) is 0 Å². The molecule has 2 rings (SSSR count). The monoisotopic (exact) mass is 268 g/mol. The summed E-state index contributed by atoms with van der Waals surface area (Å²) in [6.07, 6.45) is 0.